The van der Waals surface area contributed by atoms with Crippen LogP contribution >= 0.6 is 0 Å². The van der Waals surface area contributed by atoms with Crippen molar-refractivity contribution >= 4 is 5.69 Å². The van der Waals surface area contributed by atoms with Gasteiger partial charge in [0.15, 0.2) is 0 Å². The molecule has 2 rings (SSSR count). The van der Waals surface area contributed by atoms with Crippen LogP contribution in [0.5, 0.6) is 5.75 Å². The number of phenolic OH excluding ortho intramolecular Hbond substituents is 1. The normalized spacial score (nSPS) is 26.3. The van der Waals surface area contributed by atoms with E-state index in [9.17, 15) is 10.2 Å². The Bertz CT molecular complexity index is 334. The van der Waals surface area contributed by atoms with Gasteiger partial charge in [0, 0.05) is 12.1 Å². The van der Waals surface area contributed by atoms with Crippen molar-refractivity contribution in [2.75, 3.05) is 11.9 Å². The van der Waals surface area contributed by atoms with Crippen molar-refractivity contribution in [3.63, 3.8) is 0 Å². The minimum atomic E-state index is -0.820. The van der Waals surface area contributed by atoms with Gasteiger partial charge in [-0.25, -0.2) is 0 Å². The van der Waals surface area contributed by atoms with Crippen molar-refractivity contribution in [2.45, 2.75) is 18.9 Å². The number of para-hydroxylation sites is 1. The molecule has 1 aliphatic heterocycles. The van der Waals surface area contributed by atoms with E-state index in [1.54, 1.807) is 19.1 Å². The highest BCUT2D eigenvalue weighted by atomic mass is 16.3. The zero-order valence-electron chi connectivity index (χ0n) is 7.54. The van der Waals surface area contributed by atoms with Gasteiger partial charge in [0.1, 0.15) is 5.75 Å². The van der Waals surface area contributed by atoms with Crippen molar-refractivity contribution in [1.82, 2.24) is 0 Å². The molecule has 3 heteroatoms. The fraction of sp³-hybridized carbons (Fsp3) is 0.400. The number of anilines is 1. The van der Waals surface area contributed by atoms with Crippen LogP contribution in [0.25, 0.3) is 0 Å². The first-order valence-electron chi connectivity index (χ1n) is 4.40. The van der Waals surface area contributed by atoms with Crippen LogP contribution in [0.3, 0.4) is 0 Å². The van der Waals surface area contributed by atoms with Gasteiger partial charge in [-0.3, -0.25) is 0 Å². The first-order valence-corrected chi connectivity index (χ1v) is 4.40. The molecule has 1 heterocycles. The summed E-state index contributed by atoms with van der Waals surface area (Å²) in [6.07, 6.45) is 0.670. The van der Waals surface area contributed by atoms with Crippen molar-refractivity contribution in [3.8, 4) is 5.75 Å². The second-order valence-corrected chi connectivity index (χ2v) is 3.65. The van der Waals surface area contributed by atoms with E-state index in [1.165, 1.54) is 0 Å². The molecular formula is C10H13NO2. The van der Waals surface area contributed by atoms with E-state index in [0.717, 1.165) is 5.56 Å². The second-order valence-electron chi connectivity index (χ2n) is 3.65. The van der Waals surface area contributed by atoms with E-state index in [1.807, 2.05) is 6.07 Å². The highest BCUT2D eigenvalue weighted by Crippen LogP contribution is 2.39. The van der Waals surface area contributed by atoms with Crippen LogP contribution in [0, 0.1) is 0 Å². The van der Waals surface area contributed by atoms with Crippen molar-refractivity contribution in [2.24, 2.45) is 0 Å². The van der Waals surface area contributed by atoms with E-state index in [-0.39, 0.29) is 5.75 Å². The molecule has 13 heavy (non-hydrogen) atoms. The summed E-state index contributed by atoms with van der Waals surface area (Å²) >= 11 is 0. The monoisotopic (exact) mass is 179 g/mol. The molecule has 0 aliphatic carbocycles. The van der Waals surface area contributed by atoms with Gasteiger partial charge in [-0.15, -0.1) is 0 Å². The third-order valence-corrected chi connectivity index (χ3v) is 2.54. The van der Waals surface area contributed by atoms with Crippen LogP contribution < -0.4 is 5.32 Å². The second kappa shape index (κ2) is 2.64. The molecule has 0 amide bonds. The Balaban J connectivity index is 2.58. The maximum Gasteiger partial charge on any atom is 0.139 e. The molecule has 1 aromatic rings. The van der Waals surface area contributed by atoms with Crippen LogP contribution in [0.1, 0.15) is 18.9 Å². The molecule has 0 saturated heterocycles. The molecule has 1 atom stereocenters. The molecule has 1 aliphatic rings. The lowest BCUT2D eigenvalue weighted by Gasteiger charge is -2.32. The van der Waals surface area contributed by atoms with Gasteiger partial charge >= 0.3 is 0 Å². The summed E-state index contributed by atoms with van der Waals surface area (Å²) in [6, 6.07) is 5.20. The number of aromatic hydroxyl groups is 1. The Morgan fingerprint density at radius 1 is 1.46 bits per heavy atom. The fourth-order valence-electron chi connectivity index (χ4n) is 1.74. The molecule has 3 N–H and O–H groups in total. The predicted octanol–water partition coefficient (Wildman–Crippen LogP) is 1.42. The van der Waals surface area contributed by atoms with Gasteiger partial charge < -0.3 is 15.5 Å². The Labute approximate surface area is 77.0 Å². The Hall–Kier alpha value is -1.22. The van der Waals surface area contributed by atoms with E-state index < -0.39 is 5.60 Å². The lowest BCUT2D eigenvalue weighted by molar-refractivity contribution is 0.0485. The summed E-state index contributed by atoms with van der Waals surface area (Å²) in [7, 11) is 0. The summed E-state index contributed by atoms with van der Waals surface area (Å²) in [5.41, 5.74) is 0.622. The molecule has 0 radical (unpaired) electrons. The third-order valence-electron chi connectivity index (χ3n) is 2.54. The quantitative estimate of drug-likeness (QED) is 0.528. The van der Waals surface area contributed by atoms with Crippen LogP contribution in [-0.4, -0.2) is 16.8 Å². The number of fused-ring (bicyclic) bond motifs is 1. The Morgan fingerprint density at radius 3 is 2.92 bits per heavy atom. The predicted molar refractivity (Wildman–Crippen MR) is 50.8 cm³/mol. The topological polar surface area (TPSA) is 52.5 Å². The zero-order valence-corrected chi connectivity index (χ0v) is 7.54. The van der Waals surface area contributed by atoms with Crippen LogP contribution in [0.2, 0.25) is 0 Å². The molecule has 0 saturated carbocycles. The number of rotatable bonds is 0. The summed E-state index contributed by atoms with van der Waals surface area (Å²) in [5, 5.41) is 22.6. The first-order chi connectivity index (χ1) is 6.11. The number of nitrogens with one attached hydrogen (secondary N) is 1. The average molecular weight is 179 g/mol. The van der Waals surface area contributed by atoms with Crippen molar-refractivity contribution in [3.05, 3.63) is 23.8 Å². The van der Waals surface area contributed by atoms with Gasteiger partial charge in [-0.1, -0.05) is 12.1 Å². The van der Waals surface area contributed by atoms with Crippen LogP contribution in [-0.2, 0) is 5.60 Å². The van der Waals surface area contributed by atoms with E-state index >= 15 is 0 Å². The number of hydrogen-bond acceptors (Lipinski definition) is 3. The first kappa shape index (κ1) is 8.38. The highest BCUT2D eigenvalue weighted by Gasteiger charge is 2.30. The number of hydrogen-bond donors (Lipinski definition) is 3. The molecule has 70 valence electrons. The minimum absolute atomic E-state index is 0.206. The van der Waals surface area contributed by atoms with Crippen LogP contribution in [0.15, 0.2) is 18.2 Å². The Morgan fingerprint density at radius 2 is 2.23 bits per heavy atom. The van der Waals surface area contributed by atoms with Gasteiger partial charge in [-0.2, -0.15) is 0 Å². The maximum absolute atomic E-state index is 10.00. The lowest BCUT2D eigenvalue weighted by atomic mass is 9.88. The van der Waals surface area contributed by atoms with Crippen molar-refractivity contribution in [1.29, 1.82) is 0 Å². The van der Waals surface area contributed by atoms with Gasteiger partial charge in [-0.05, 0) is 19.4 Å². The van der Waals surface area contributed by atoms with E-state index in [4.69, 9.17) is 0 Å². The van der Waals surface area contributed by atoms with Gasteiger partial charge in [0.2, 0.25) is 0 Å². The summed E-state index contributed by atoms with van der Waals surface area (Å²) in [4.78, 5) is 0. The van der Waals surface area contributed by atoms with Gasteiger partial charge in [0.25, 0.3) is 0 Å². The number of aliphatic hydroxyl groups is 1. The molecule has 0 fully saturated rings. The lowest BCUT2D eigenvalue weighted by Crippen LogP contribution is -2.30. The molecule has 0 spiro atoms. The molecule has 0 bridgehead atoms. The summed E-state index contributed by atoms with van der Waals surface area (Å²) < 4.78 is 0. The van der Waals surface area contributed by atoms with Crippen LogP contribution in [0.4, 0.5) is 5.69 Å². The third kappa shape index (κ3) is 1.25. The zero-order chi connectivity index (χ0) is 9.47. The summed E-state index contributed by atoms with van der Waals surface area (Å²) in [5.74, 6) is 0.206. The van der Waals surface area contributed by atoms with Crippen molar-refractivity contribution < 1.29 is 10.2 Å². The van der Waals surface area contributed by atoms with Gasteiger partial charge in [0.05, 0.1) is 11.3 Å². The summed E-state index contributed by atoms with van der Waals surface area (Å²) in [6.45, 7) is 2.46. The fourth-order valence-corrected chi connectivity index (χ4v) is 1.74. The minimum Gasteiger partial charge on any atom is -0.506 e. The molecular weight excluding hydrogens is 166 g/mol. The standard InChI is InChI=1S/C10H13NO2/c1-10(13)5-6-11-9-7(10)3-2-4-8(9)12/h2-4,11-13H,5-6H2,1H3. The molecule has 3 nitrogen and oxygen atoms in total. The smallest absolute Gasteiger partial charge is 0.139 e. The average Bonchev–Trinajstić information content (AvgIpc) is 2.06. The number of phenols is 1. The molecule has 1 aromatic carbocycles. The van der Waals surface area contributed by atoms with E-state index in [0.29, 0.717) is 18.7 Å². The Kier molecular flexibility index (Phi) is 1.70. The number of benzene rings is 1. The van der Waals surface area contributed by atoms with E-state index in [2.05, 4.69) is 5.32 Å². The maximum atomic E-state index is 10.00. The molecule has 1 unspecified atom stereocenters. The largest absolute Gasteiger partial charge is 0.506 e. The highest BCUT2D eigenvalue weighted by molar-refractivity contribution is 5.64. The SMILES string of the molecule is CC1(O)CCNc2c(O)cccc21. The molecule has 0 aromatic heterocycles.